The van der Waals surface area contributed by atoms with Crippen LogP contribution in [0.2, 0.25) is 0 Å². The van der Waals surface area contributed by atoms with E-state index >= 15 is 0 Å². The maximum Gasteiger partial charge on any atom is 0.310 e. The van der Waals surface area contributed by atoms with Crippen molar-refractivity contribution < 1.29 is 24.9 Å². The number of hydrogen-bond acceptors (Lipinski definition) is 9. The zero-order valence-corrected chi connectivity index (χ0v) is 15.4. The summed E-state index contributed by atoms with van der Waals surface area (Å²) < 4.78 is 6.44. The van der Waals surface area contributed by atoms with Gasteiger partial charge in [0.2, 0.25) is 5.82 Å². The van der Waals surface area contributed by atoms with E-state index in [9.17, 15) is 15.0 Å². The molecule has 28 heavy (non-hydrogen) atoms. The Balaban J connectivity index is 1.60. The van der Waals surface area contributed by atoms with Crippen molar-refractivity contribution in [3.05, 3.63) is 42.0 Å². The Hall–Kier alpha value is -2.86. The Bertz CT molecular complexity index is 837. The summed E-state index contributed by atoms with van der Waals surface area (Å²) in [6.07, 6.45) is -1.89. The second kappa shape index (κ2) is 8.44. The van der Waals surface area contributed by atoms with Gasteiger partial charge in [-0.2, -0.15) is 5.10 Å². The Labute approximate surface area is 160 Å². The number of nitrogens with zero attached hydrogens (tertiary/aromatic N) is 5. The van der Waals surface area contributed by atoms with Gasteiger partial charge in [0.1, 0.15) is 24.6 Å². The Morgan fingerprint density at radius 3 is 2.64 bits per heavy atom. The van der Waals surface area contributed by atoms with Crippen LogP contribution in [-0.2, 0) is 4.74 Å². The summed E-state index contributed by atoms with van der Waals surface area (Å²) in [5.74, 6) is -0.829. The van der Waals surface area contributed by atoms with Crippen molar-refractivity contribution in [2.75, 3.05) is 25.6 Å². The molecule has 2 aromatic rings. The molecular weight excluding hydrogens is 368 g/mol. The van der Waals surface area contributed by atoms with Crippen LogP contribution >= 0.6 is 0 Å². The molecule has 0 radical (unpaired) electrons. The van der Waals surface area contributed by atoms with E-state index in [4.69, 9.17) is 9.84 Å². The van der Waals surface area contributed by atoms with Crippen molar-refractivity contribution in [3.63, 3.8) is 0 Å². The summed E-state index contributed by atoms with van der Waals surface area (Å²) >= 11 is 0. The fraction of sp³-hybridized carbons (Fsp3) is 0.412. The predicted octanol–water partition coefficient (Wildman–Crippen LogP) is -1.28. The highest BCUT2D eigenvalue weighted by Crippen LogP contribution is 2.28. The number of aromatic nitrogens is 3. The van der Waals surface area contributed by atoms with Crippen LogP contribution in [0, 0.1) is 0 Å². The molecule has 2 heterocycles. The van der Waals surface area contributed by atoms with Gasteiger partial charge in [0.05, 0.1) is 12.8 Å². The molecule has 1 aliphatic heterocycles. The first-order valence-corrected chi connectivity index (χ1v) is 8.55. The topological polar surface area (TPSA) is 145 Å². The number of carbonyl (C=O) groups is 1. The summed E-state index contributed by atoms with van der Waals surface area (Å²) in [5, 5.41) is 36.7. The molecule has 0 bridgehead atoms. The normalized spacial score (nSPS) is 24.6. The highest BCUT2D eigenvalue weighted by atomic mass is 16.6. The molecule has 1 aliphatic rings. The van der Waals surface area contributed by atoms with Crippen molar-refractivity contribution in [2.45, 2.75) is 24.5 Å². The third kappa shape index (κ3) is 4.17. The smallest absolute Gasteiger partial charge is 0.310 e. The molecule has 4 atom stereocenters. The summed E-state index contributed by atoms with van der Waals surface area (Å²) in [5.41, 5.74) is 4.16. The summed E-state index contributed by atoms with van der Waals surface area (Å²) in [4.78, 5) is 17.9. The van der Waals surface area contributed by atoms with E-state index in [-0.39, 0.29) is 5.82 Å². The molecule has 150 valence electrons. The highest BCUT2D eigenvalue weighted by Gasteiger charge is 2.44. The number of anilines is 1. The van der Waals surface area contributed by atoms with Crippen molar-refractivity contribution in [1.29, 1.82) is 0 Å². The molecule has 0 saturated carbocycles. The van der Waals surface area contributed by atoms with E-state index in [1.165, 1.54) is 12.5 Å². The number of rotatable bonds is 6. The van der Waals surface area contributed by atoms with Crippen LogP contribution in [0.1, 0.15) is 22.4 Å². The minimum Gasteiger partial charge on any atom is -0.394 e. The number of carbonyl (C=O) groups excluding carboxylic acids is 1. The van der Waals surface area contributed by atoms with E-state index in [1.807, 2.05) is 43.3 Å². The Kier molecular flexibility index (Phi) is 5.99. The second-order valence-electron chi connectivity index (χ2n) is 6.46. The Morgan fingerprint density at radius 2 is 2.04 bits per heavy atom. The van der Waals surface area contributed by atoms with Gasteiger partial charge in [0.15, 0.2) is 6.23 Å². The van der Waals surface area contributed by atoms with Crippen molar-refractivity contribution >= 4 is 17.8 Å². The van der Waals surface area contributed by atoms with Gasteiger partial charge in [0, 0.05) is 19.8 Å². The molecule has 1 aromatic heterocycles. The van der Waals surface area contributed by atoms with Gasteiger partial charge >= 0.3 is 5.91 Å². The van der Waals surface area contributed by atoms with Crippen LogP contribution < -0.4 is 10.3 Å². The van der Waals surface area contributed by atoms with Crippen LogP contribution in [-0.4, -0.2) is 81.2 Å². The van der Waals surface area contributed by atoms with Gasteiger partial charge in [-0.25, -0.2) is 15.1 Å². The van der Waals surface area contributed by atoms with Crippen LogP contribution in [0.15, 0.2) is 35.7 Å². The maximum atomic E-state index is 12.1. The highest BCUT2D eigenvalue weighted by molar-refractivity contribution is 5.91. The molecule has 0 spiro atoms. The first kappa shape index (κ1) is 19.9. The minimum atomic E-state index is -1.31. The standard InChI is InChI=1S/C17H22N6O5/c1-22(2)11-5-3-10(4-6-11)7-19-20-16(27)15-18-9-23(21-15)17-14(26)13(25)12(8-24)28-17/h3-7,9,12-14,17,24-26H,8H2,1-2H3,(H,20,27)/b19-7+/t12-,13-,14-,17-/m1/s1. The molecule has 1 saturated heterocycles. The fourth-order valence-corrected chi connectivity index (χ4v) is 2.67. The molecule has 1 aromatic carbocycles. The van der Waals surface area contributed by atoms with Gasteiger partial charge in [-0.05, 0) is 17.7 Å². The predicted molar refractivity (Wildman–Crippen MR) is 98.9 cm³/mol. The van der Waals surface area contributed by atoms with Crippen LogP contribution in [0.5, 0.6) is 0 Å². The lowest BCUT2D eigenvalue weighted by Crippen LogP contribution is -2.33. The summed E-state index contributed by atoms with van der Waals surface area (Å²) in [7, 11) is 3.88. The molecule has 1 amide bonds. The quantitative estimate of drug-likeness (QED) is 0.352. The van der Waals surface area contributed by atoms with Gasteiger partial charge in [-0.1, -0.05) is 12.1 Å². The number of aliphatic hydroxyl groups excluding tert-OH is 3. The summed E-state index contributed by atoms with van der Waals surface area (Å²) in [6.45, 7) is -0.457. The van der Waals surface area contributed by atoms with Gasteiger partial charge in [0.25, 0.3) is 0 Å². The number of hydrogen-bond donors (Lipinski definition) is 4. The monoisotopic (exact) mass is 390 g/mol. The van der Waals surface area contributed by atoms with Gasteiger partial charge in [-0.15, -0.1) is 5.10 Å². The fourth-order valence-electron chi connectivity index (χ4n) is 2.67. The van der Waals surface area contributed by atoms with E-state index in [0.29, 0.717) is 0 Å². The van der Waals surface area contributed by atoms with Crippen molar-refractivity contribution in [2.24, 2.45) is 5.10 Å². The van der Waals surface area contributed by atoms with Crippen LogP contribution in [0.4, 0.5) is 5.69 Å². The van der Waals surface area contributed by atoms with Crippen molar-refractivity contribution in [3.8, 4) is 0 Å². The number of aliphatic hydroxyl groups is 3. The first-order valence-electron chi connectivity index (χ1n) is 8.55. The average Bonchev–Trinajstić information content (AvgIpc) is 3.28. The first-order chi connectivity index (χ1) is 13.4. The third-order valence-corrected chi connectivity index (χ3v) is 4.28. The number of hydrazone groups is 1. The molecule has 0 aliphatic carbocycles. The SMILES string of the molecule is CN(C)c1ccc(/C=N/NC(=O)c2ncn([C@@H]3O[C@H](CO)[C@@H](O)[C@H]3O)n2)cc1. The van der Waals surface area contributed by atoms with Crippen molar-refractivity contribution in [1.82, 2.24) is 20.2 Å². The number of amides is 1. The third-order valence-electron chi connectivity index (χ3n) is 4.28. The lowest BCUT2D eigenvalue weighted by molar-refractivity contribution is -0.0588. The van der Waals surface area contributed by atoms with E-state index < -0.39 is 37.1 Å². The van der Waals surface area contributed by atoms with E-state index in [1.54, 1.807) is 0 Å². The minimum absolute atomic E-state index is 0.183. The zero-order chi connectivity index (χ0) is 20.3. The summed E-state index contributed by atoms with van der Waals surface area (Å²) in [6, 6.07) is 7.57. The molecule has 1 fully saturated rings. The molecular formula is C17H22N6O5. The van der Waals surface area contributed by atoms with Crippen LogP contribution in [0.25, 0.3) is 0 Å². The number of nitrogens with one attached hydrogen (secondary N) is 1. The number of ether oxygens (including phenoxy) is 1. The second-order valence-corrected chi connectivity index (χ2v) is 6.46. The lowest BCUT2D eigenvalue weighted by atomic mass is 10.1. The largest absolute Gasteiger partial charge is 0.394 e. The van der Waals surface area contributed by atoms with E-state index in [2.05, 4.69) is 20.6 Å². The number of benzene rings is 1. The van der Waals surface area contributed by atoms with Gasteiger partial charge < -0.3 is 25.0 Å². The molecule has 3 rings (SSSR count). The lowest BCUT2D eigenvalue weighted by Gasteiger charge is -2.13. The molecule has 4 N–H and O–H groups in total. The van der Waals surface area contributed by atoms with E-state index in [0.717, 1.165) is 15.9 Å². The zero-order valence-electron chi connectivity index (χ0n) is 15.4. The van der Waals surface area contributed by atoms with Gasteiger partial charge in [-0.3, -0.25) is 4.79 Å². The average molecular weight is 390 g/mol. The molecule has 11 heteroatoms. The molecule has 0 unspecified atom stereocenters. The van der Waals surface area contributed by atoms with Crippen LogP contribution in [0.3, 0.4) is 0 Å². The maximum absolute atomic E-state index is 12.1. The molecule has 11 nitrogen and oxygen atoms in total. The Morgan fingerprint density at radius 1 is 1.32 bits per heavy atom.